The average Bonchev–Trinajstić information content (AvgIpc) is 3.39. The van der Waals surface area contributed by atoms with E-state index in [1.54, 1.807) is 30.5 Å². The lowest BCUT2D eigenvalue weighted by Gasteiger charge is -2.27. The topological polar surface area (TPSA) is 118 Å². The van der Waals surface area contributed by atoms with Crippen LogP contribution in [0.3, 0.4) is 0 Å². The molecule has 210 valence electrons. The summed E-state index contributed by atoms with van der Waals surface area (Å²) in [5.74, 6) is 0.941. The van der Waals surface area contributed by atoms with Crippen molar-refractivity contribution in [2.45, 2.75) is 6.43 Å². The van der Waals surface area contributed by atoms with Gasteiger partial charge in [-0.3, -0.25) is 9.47 Å². The molecule has 6 rings (SSSR count). The highest BCUT2D eigenvalue weighted by atomic mass is 19.3. The summed E-state index contributed by atoms with van der Waals surface area (Å²) in [5, 5.41) is 6.50. The Labute approximate surface area is 229 Å². The first-order chi connectivity index (χ1) is 19.6. The van der Waals surface area contributed by atoms with Gasteiger partial charge in [-0.25, -0.2) is 18.7 Å². The molecule has 2 aliphatic rings. The number of hydrogen-bond donors (Lipinski definition) is 2. The van der Waals surface area contributed by atoms with Crippen molar-refractivity contribution in [3.63, 3.8) is 0 Å². The summed E-state index contributed by atoms with van der Waals surface area (Å²) in [6.45, 7) is 7.27. The maximum atomic E-state index is 14.1. The smallest absolute Gasteiger partial charge is 0.296 e. The Bertz CT molecular complexity index is 1420. The third-order valence-corrected chi connectivity index (χ3v) is 6.75. The molecule has 2 fully saturated rings. The van der Waals surface area contributed by atoms with Crippen molar-refractivity contribution in [3.8, 4) is 5.95 Å². The molecule has 0 unspecified atom stereocenters. The number of rotatable bonds is 9. The highest BCUT2D eigenvalue weighted by Crippen LogP contribution is 2.28. The number of morpholine rings is 2. The van der Waals surface area contributed by atoms with Gasteiger partial charge in [-0.2, -0.15) is 15.0 Å². The molecule has 14 heteroatoms. The quantitative estimate of drug-likeness (QED) is 0.319. The van der Waals surface area contributed by atoms with E-state index in [0.717, 1.165) is 45.2 Å². The fraction of sp³-hybridized carbons (Fsp3) is 0.423. The Hall–Kier alpha value is -4.01. The number of fused-ring (bicyclic) bond motifs is 1. The lowest BCUT2D eigenvalue weighted by Crippen LogP contribution is -2.39. The highest BCUT2D eigenvalue weighted by Gasteiger charge is 2.24. The second kappa shape index (κ2) is 12.0. The van der Waals surface area contributed by atoms with Gasteiger partial charge in [0.25, 0.3) is 6.43 Å². The van der Waals surface area contributed by atoms with Crippen molar-refractivity contribution in [2.24, 2.45) is 0 Å². The maximum Gasteiger partial charge on any atom is 0.296 e. The molecule has 3 aromatic heterocycles. The Balaban J connectivity index is 1.26. The van der Waals surface area contributed by atoms with Crippen molar-refractivity contribution < 1.29 is 18.3 Å². The first kappa shape index (κ1) is 26.2. The number of halogens is 2. The van der Waals surface area contributed by atoms with Crippen LogP contribution in [0.25, 0.3) is 17.0 Å². The third kappa shape index (κ3) is 5.93. The number of hydrogen-bond acceptors (Lipinski definition) is 11. The molecule has 2 saturated heterocycles. The van der Waals surface area contributed by atoms with Crippen molar-refractivity contribution in [1.82, 2.24) is 34.4 Å². The molecule has 0 saturated carbocycles. The van der Waals surface area contributed by atoms with Crippen molar-refractivity contribution >= 4 is 34.4 Å². The molecule has 0 atom stereocenters. The monoisotopic (exact) mass is 552 g/mol. The Morgan fingerprint density at radius 2 is 1.60 bits per heavy atom. The molecule has 40 heavy (non-hydrogen) atoms. The number of benzene rings is 1. The van der Waals surface area contributed by atoms with Crippen molar-refractivity contribution in [1.29, 1.82) is 0 Å². The van der Waals surface area contributed by atoms with Gasteiger partial charge in [0, 0.05) is 39.3 Å². The van der Waals surface area contributed by atoms with Gasteiger partial charge in [0.05, 0.1) is 49.3 Å². The molecular formula is C26H30F2N10O2. The van der Waals surface area contributed by atoms with Crippen molar-refractivity contribution in [2.75, 3.05) is 81.2 Å². The van der Waals surface area contributed by atoms with Gasteiger partial charge < -0.3 is 25.0 Å². The van der Waals surface area contributed by atoms with Gasteiger partial charge in [0.2, 0.25) is 17.8 Å². The number of pyridine rings is 1. The van der Waals surface area contributed by atoms with Crippen LogP contribution in [0.15, 0.2) is 42.6 Å². The summed E-state index contributed by atoms with van der Waals surface area (Å²) in [5.41, 5.74) is 1.56. The minimum Gasteiger partial charge on any atom is -0.379 e. The lowest BCUT2D eigenvalue weighted by atomic mass is 10.3. The Kier molecular flexibility index (Phi) is 7.88. The molecule has 0 amide bonds. The number of imidazole rings is 1. The molecule has 0 bridgehead atoms. The van der Waals surface area contributed by atoms with Gasteiger partial charge in [0.15, 0.2) is 5.82 Å². The number of anilines is 4. The molecule has 4 aromatic rings. The van der Waals surface area contributed by atoms with Gasteiger partial charge >= 0.3 is 0 Å². The number of aromatic nitrogens is 6. The third-order valence-electron chi connectivity index (χ3n) is 6.75. The first-order valence-corrected chi connectivity index (χ1v) is 13.3. The van der Waals surface area contributed by atoms with E-state index in [9.17, 15) is 8.78 Å². The number of para-hydroxylation sites is 2. The molecule has 0 radical (unpaired) electrons. The first-order valence-electron chi connectivity index (χ1n) is 13.3. The Morgan fingerprint density at radius 1 is 0.850 bits per heavy atom. The zero-order valence-corrected chi connectivity index (χ0v) is 21.8. The molecule has 1 aromatic carbocycles. The highest BCUT2D eigenvalue weighted by molar-refractivity contribution is 5.77. The second-order valence-electron chi connectivity index (χ2n) is 9.39. The van der Waals surface area contributed by atoms with Gasteiger partial charge in [0.1, 0.15) is 5.82 Å². The van der Waals surface area contributed by atoms with E-state index in [-0.39, 0.29) is 11.9 Å². The van der Waals surface area contributed by atoms with E-state index >= 15 is 0 Å². The fourth-order valence-corrected chi connectivity index (χ4v) is 4.68. The van der Waals surface area contributed by atoms with Crippen LogP contribution in [0.1, 0.15) is 12.2 Å². The number of nitrogens with one attached hydrogen (secondary N) is 2. The van der Waals surface area contributed by atoms with Crippen LogP contribution < -0.4 is 15.5 Å². The minimum atomic E-state index is -2.82. The van der Waals surface area contributed by atoms with E-state index in [0.29, 0.717) is 49.0 Å². The zero-order chi connectivity index (χ0) is 27.3. The number of ether oxygens (including phenoxy) is 2. The predicted molar refractivity (Wildman–Crippen MR) is 146 cm³/mol. The zero-order valence-electron chi connectivity index (χ0n) is 21.8. The normalized spacial score (nSPS) is 16.5. The molecule has 2 N–H and O–H groups in total. The van der Waals surface area contributed by atoms with Crippen LogP contribution in [0.4, 0.5) is 32.2 Å². The summed E-state index contributed by atoms with van der Waals surface area (Å²) < 4.78 is 40.3. The van der Waals surface area contributed by atoms with Crippen LogP contribution in [-0.4, -0.2) is 100 Å². The average molecular weight is 553 g/mol. The Morgan fingerprint density at radius 3 is 2.35 bits per heavy atom. The van der Waals surface area contributed by atoms with E-state index in [4.69, 9.17) is 9.47 Å². The molecule has 0 spiro atoms. The van der Waals surface area contributed by atoms with Crippen LogP contribution >= 0.6 is 0 Å². The fourth-order valence-electron chi connectivity index (χ4n) is 4.68. The maximum absolute atomic E-state index is 14.1. The SMILES string of the molecule is FC(F)c1nc2ccccc2n1-c1nc(Nc2ccc(NCCN3CCOCC3)nc2)nc(N2CCOCC2)n1. The lowest BCUT2D eigenvalue weighted by molar-refractivity contribution is 0.0398. The van der Waals surface area contributed by atoms with Gasteiger partial charge in [-0.1, -0.05) is 12.1 Å². The largest absolute Gasteiger partial charge is 0.379 e. The van der Waals surface area contributed by atoms with E-state index in [1.807, 2.05) is 17.0 Å². The molecule has 12 nitrogen and oxygen atoms in total. The molecule has 0 aliphatic carbocycles. The molecule has 2 aliphatic heterocycles. The van der Waals surface area contributed by atoms with Crippen LogP contribution in [0.5, 0.6) is 0 Å². The molecular weight excluding hydrogens is 522 g/mol. The second-order valence-corrected chi connectivity index (χ2v) is 9.39. The van der Waals surface area contributed by atoms with E-state index < -0.39 is 12.2 Å². The number of nitrogens with zero attached hydrogens (tertiary/aromatic N) is 8. The summed E-state index contributed by atoms with van der Waals surface area (Å²) in [7, 11) is 0. The van der Waals surface area contributed by atoms with Crippen LogP contribution in [0, 0.1) is 0 Å². The summed E-state index contributed by atoms with van der Waals surface area (Å²) in [6, 6.07) is 10.6. The van der Waals surface area contributed by atoms with Crippen LogP contribution in [0.2, 0.25) is 0 Å². The minimum absolute atomic E-state index is 0.0531. The van der Waals surface area contributed by atoms with Crippen molar-refractivity contribution in [3.05, 3.63) is 48.4 Å². The standard InChI is InChI=1S/C26H30F2N10O2/c27-22(28)23-32-19-3-1-2-4-20(19)38(23)26-34-24(33-25(35-26)37-11-15-40-16-12-37)31-18-5-6-21(30-17-18)29-7-8-36-9-13-39-14-10-36/h1-6,17,22H,7-16H2,(H,29,30)(H,31,33,34,35). The summed E-state index contributed by atoms with van der Waals surface area (Å²) in [6.07, 6.45) is -1.15. The summed E-state index contributed by atoms with van der Waals surface area (Å²) in [4.78, 5) is 26.6. The summed E-state index contributed by atoms with van der Waals surface area (Å²) >= 11 is 0. The van der Waals surface area contributed by atoms with Gasteiger partial charge in [-0.05, 0) is 24.3 Å². The van der Waals surface area contributed by atoms with E-state index in [1.165, 1.54) is 4.57 Å². The van der Waals surface area contributed by atoms with E-state index in [2.05, 4.69) is 40.5 Å². The predicted octanol–water partition coefficient (Wildman–Crippen LogP) is 2.87. The number of alkyl halides is 2. The van der Waals surface area contributed by atoms with Crippen LogP contribution in [-0.2, 0) is 9.47 Å². The van der Waals surface area contributed by atoms with Gasteiger partial charge in [-0.15, -0.1) is 0 Å². The molecule has 5 heterocycles.